The van der Waals surface area contributed by atoms with Gasteiger partial charge in [0.15, 0.2) is 46.7 Å². The van der Waals surface area contributed by atoms with E-state index < -0.39 is 30.0 Å². The average Bonchev–Trinajstić information content (AvgIpc) is 3.79. The summed E-state index contributed by atoms with van der Waals surface area (Å²) in [5.41, 5.74) is 3.42. The Morgan fingerprint density at radius 1 is 0.375 bits per heavy atom. The molecule has 0 unspecified atom stereocenters. The molecule has 8 bridgehead atoms. The van der Waals surface area contributed by atoms with Gasteiger partial charge in [0.05, 0.1) is 10.5 Å². The molecule has 0 saturated carbocycles. The largest absolute Gasteiger partial charge is 0.295 e. The molecule has 0 radical (unpaired) electrons. The van der Waals surface area contributed by atoms with Gasteiger partial charge in [0.25, 0.3) is 20.2 Å². The third kappa shape index (κ3) is 4.31. The number of fused-ring (bicyclic) bond motifs is 16. The minimum atomic E-state index is -5.10. The molecule has 0 spiro atoms. The van der Waals surface area contributed by atoms with Gasteiger partial charge in [-0.15, -0.1) is 0 Å². The SMILES string of the molecule is O=S(=O)(O)c1cc2c(c(S(=O)(=O)O)c1)C1=NC2=NC2=NC(=NC3=NC(=NC4=NC(=N1)c1ccccc14)c1ccccc13)c1ccccc12. The molecule has 48 heavy (non-hydrogen) atoms. The maximum Gasteiger partial charge on any atom is 0.295 e. The Balaban J connectivity index is 1.39. The molecular formula is C32H16N8O6S2. The van der Waals surface area contributed by atoms with Crippen LogP contribution < -0.4 is 0 Å². The highest BCUT2D eigenvalue weighted by Crippen LogP contribution is 2.34. The van der Waals surface area contributed by atoms with E-state index in [4.69, 9.17) is 15.0 Å². The van der Waals surface area contributed by atoms with E-state index in [1.807, 2.05) is 24.3 Å². The first kappa shape index (κ1) is 28.3. The molecule has 9 rings (SSSR count). The second-order valence-electron chi connectivity index (χ2n) is 10.9. The molecule has 5 heterocycles. The van der Waals surface area contributed by atoms with Crippen molar-refractivity contribution in [2.75, 3.05) is 0 Å². The summed E-state index contributed by atoms with van der Waals surface area (Å²) in [4.78, 5) is 35.9. The molecule has 232 valence electrons. The highest BCUT2D eigenvalue weighted by molar-refractivity contribution is 7.86. The van der Waals surface area contributed by atoms with E-state index in [9.17, 15) is 25.9 Å². The van der Waals surface area contributed by atoms with Gasteiger partial charge >= 0.3 is 0 Å². The fourth-order valence-electron chi connectivity index (χ4n) is 5.93. The van der Waals surface area contributed by atoms with Crippen molar-refractivity contribution in [2.24, 2.45) is 39.9 Å². The van der Waals surface area contributed by atoms with Crippen molar-refractivity contribution in [2.45, 2.75) is 9.79 Å². The van der Waals surface area contributed by atoms with Crippen LogP contribution in [0.25, 0.3) is 0 Å². The van der Waals surface area contributed by atoms with E-state index in [0.29, 0.717) is 40.0 Å². The van der Waals surface area contributed by atoms with Crippen LogP contribution in [0.3, 0.4) is 0 Å². The Hall–Kier alpha value is -5.94. The number of hydrogen-bond acceptors (Lipinski definition) is 12. The molecule has 0 saturated heterocycles. The standard InChI is InChI=1S/C32H16N8O6S2/c41-47(42,43)15-13-22-24(23(14-15)48(44,45)46)32-39-30-21-12-6-5-11-20(21)28(37-30)35-26-17-8-2-1-7-16(17)25(33-26)34-27-18-9-3-4-10-19(18)29(36-27)38-31(22)40-32/h1-14H,(H,41,42,43)(H,44,45,46). The summed E-state index contributed by atoms with van der Waals surface area (Å²) < 4.78 is 70.1. The van der Waals surface area contributed by atoms with Crippen LogP contribution in [-0.4, -0.2) is 72.6 Å². The summed E-state index contributed by atoms with van der Waals surface area (Å²) >= 11 is 0. The Kier molecular flexibility index (Phi) is 5.77. The van der Waals surface area contributed by atoms with E-state index in [-0.39, 0.29) is 46.1 Å². The van der Waals surface area contributed by atoms with E-state index in [1.165, 1.54) is 0 Å². The van der Waals surface area contributed by atoms with Crippen molar-refractivity contribution in [3.63, 3.8) is 0 Å². The van der Waals surface area contributed by atoms with Crippen molar-refractivity contribution in [3.8, 4) is 0 Å². The maximum atomic E-state index is 12.7. The summed E-state index contributed by atoms with van der Waals surface area (Å²) in [6.07, 6.45) is 0. The van der Waals surface area contributed by atoms with Gasteiger partial charge in [-0.2, -0.15) is 16.8 Å². The number of benzene rings is 4. The second kappa shape index (κ2) is 9.79. The van der Waals surface area contributed by atoms with Crippen molar-refractivity contribution >= 4 is 66.9 Å². The van der Waals surface area contributed by atoms with Crippen LogP contribution in [0.4, 0.5) is 0 Å². The molecule has 5 aliphatic heterocycles. The summed E-state index contributed by atoms with van der Waals surface area (Å²) in [5.74, 6) is 1.11. The summed E-state index contributed by atoms with van der Waals surface area (Å²) in [6, 6.07) is 23.4. The molecule has 0 aliphatic carbocycles. The molecule has 0 fully saturated rings. The summed E-state index contributed by atoms with van der Waals surface area (Å²) in [7, 11) is -10.1. The topological polar surface area (TPSA) is 208 Å². The lowest BCUT2D eigenvalue weighted by Gasteiger charge is -2.09. The fraction of sp³-hybridized carbons (Fsp3) is 0. The predicted molar refractivity (Wildman–Crippen MR) is 178 cm³/mol. The van der Waals surface area contributed by atoms with Gasteiger partial charge in [0, 0.05) is 38.9 Å². The number of nitrogens with zero attached hydrogens (tertiary/aromatic N) is 8. The van der Waals surface area contributed by atoms with Gasteiger partial charge in [-0.25, -0.2) is 39.9 Å². The summed E-state index contributed by atoms with van der Waals surface area (Å²) in [5, 5.41) is 0. The van der Waals surface area contributed by atoms with Gasteiger partial charge < -0.3 is 0 Å². The fourth-order valence-corrected chi connectivity index (χ4v) is 7.27. The number of rotatable bonds is 2. The Morgan fingerprint density at radius 3 is 0.979 bits per heavy atom. The third-order valence-electron chi connectivity index (χ3n) is 8.04. The number of amidine groups is 8. The van der Waals surface area contributed by atoms with Gasteiger partial charge in [0.1, 0.15) is 4.90 Å². The average molecular weight is 673 g/mol. The molecule has 0 amide bonds. The molecule has 4 aromatic rings. The normalized spacial score (nSPS) is 17.0. The lowest BCUT2D eigenvalue weighted by atomic mass is 10.1. The minimum absolute atomic E-state index is 0.113. The van der Waals surface area contributed by atoms with Crippen molar-refractivity contribution < 1.29 is 25.9 Å². The number of aliphatic imine (C=N–C) groups is 8. The minimum Gasteiger partial charge on any atom is -0.282 e. The molecular weight excluding hydrogens is 657 g/mol. The van der Waals surface area contributed by atoms with Crippen molar-refractivity contribution in [3.05, 3.63) is 129 Å². The Labute approximate surface area is 271 Å². The maximum absolute atomic E-state index is 12.7. The quantitative estimate of drug-likeness (QED) is 0.305. The highest BCUT2D eigenvalue weighted by Gasteiger charge is 2.35. The number of hydrogen-bond donors (Lipinski definition) is 2. The van der Waals surface area contributed by atoms with Crippen LogP contribution in [0.15, 0.2) is 135 Å². The molecule has 4 aromatic carbocycles. The van der Waals surface area contributed by atoms with Crippen molar-refractivity contribution in [1.82, 2.24) is 0 Å². The van der Waals surface area contributed by atoms with E-state index in [1.54, 1.807) is 48.5 Å². The molecule has 0 aromatic heterocycles. The van der Waals surface area contributed by atoms with Crippen LogP contribution >= 0.6 is 0 Å². The van der Waals surface area contributed by atoms with E-state index in [2.05, 4.69) is 25.0 Å². The van der Waals surface area contributed by atoms with Gasteiger partial charge in [-0.05, 0) is 12.1 Å². The monoisotopic (exact) mass is 672 g/mol. The third-order valence-corrected chi connectivity index (χ3v) is 9.75. The zero-order valence-electron chi connectivity index (χ0n) is 24.0. The van der Waals surface area contributed by atoms with Crippen molar-refractivity contribution in [1.29, 1.82) is 0 Å². The lowest BCUT2D eigenvalue weighted by molar-refractivity contribution is 0.481. The molecule has 5 aliphatic rings. The molecule has 16 heteroatoms. The van der Waals surface area contributed by atoms with Crippen LogP contribution in [0.1, 0.15) is 44.5 Å². The van der Waals surface area contributed by atoms with Gasteiger partial charge in [-0.1, -0.05) is 72.8 Å². The first-order chi connectivity index (χ1) is 23.0. The van der Waals surface area contributed by atoms with Crippen LogP contribution in [0.2, 0.25) is 0 Å². The van der Waals surface area contributed by atoms with Crippen LogP contribution in [-0.2, 0) is 20.2 Å². The lowest BCUT2D eigenvalue weighted by Crippen LogP contribution is -2.12. The summed E-state index contributed by atoms with van der Waals surface area (Å²) in [6.45, 7) is 0. The van der Waals surface area contributed by atoms with Gasteiger partial charge in [-0.3, -0.25) is 9.11 Å². The Bertz CT molecular complexity index is 2720. The Morgan fingerprint density at radius 2 is 0.667 bits per heavy atom. The van der Waals surface area contributed by atoms with E-state index >= 15 is 0 Å². The van der Waals surface area contributed by atoms with E-state index in [0.717, 1.165) is 17.2 Å². The second-order valence-corrected chi connectivity index (χ2v) is 13.7. The first-order valence-corrected chi connectivity index (χ1v) is 17.0. The molecule has 2 N–H and O–H groups in total. The first-order valence-electron chi connectivity index (χ1n) is 14.2. The smallest absolute Gasteiger partial charge is 0.282 e. The zero-order chi connectivity index (χ0) is 32.9. The molecule has 14 nitrogen and oxygen atoms in total. The zero-order valence-corrected chi connectivity index (χ0v) is 25.6. The van der Waals surface area contributed by atoms with Crippen LogP contribution in [0.5, 0.6) is 0 Å². The van der Waals surface area contributed by atoms with Crippen LogP contribution in [0, 0.1) is 0 Å². The molecule has 0 atom stereocenters. The predicted octanol–water partition coefficient (Wildman–Crippen LogP) is 3.32. The highest BCUT2D eigenvalue weighted by atomic mass is 32.2. The van der Waals surface area contributed by atoms with Gasteiger partial charge in [0.2, 0.25) is 0 Å².